The molecule has 0 bridgehead atoms. The van der Waals surface area contributed by atoms with Crippen LogP contribution in [-0.4, -0.2) is 39.8 Å². The summed E-state index contributed by atoms with van der Waals surface area (Å²) in [5, 5.41) is 5.72. The maximum Gasteiger partial charge on any atom is 0.274 e. The van der Waals surface area contributed by atoms with Gasteiger partial charge in [-0.05, 0) is 30.2 Å². The molecule has 152 valence electrons. The number of thiazole rings is 1. The summed E-state index contributed by atoms with van der Waals surface area (Å²) in [5.41, 5.74) is 3.45. The fraction of sp³-hybridized carbons (Fsp3) is 0.478. The van der Waals surface area contributed by atoms with Crippen LogP contribution in [0.1, 0.15) is 54.9 Å². The first-order chi connectivity index (χ1) is 14.0. The highest BCUT2D eigenvalue weighted by atomic mass is 32.1. The van der Waals surface area contributed by atoms with Crippen molar-refractivity contribution in [3.05, 3.63) is 58.9 Å². The molecule has 5 nitrogen and oxygen atoms in total. The van der Waals surface area contributed by atoms with E-state index < -0.39 is 0 Å². The third kappa shape index (κ3) is 3.09. The lowest BCUT2D eigenvalue weighted by atomic mass is 9.88. The highest BCUT2D eigenvalue weighted by molar-refractivity contribution is 7.15. The Bertz CT molecular complexity index is 1030. The average molecular weight is 409 g/mol. The van der Waals surface area contributed by atoms with Gasteiger partial charge in [-0.2, -0.15) is 0 Å². The summed E-state index contributed by atoms with van der Waals surface area (Å²) in [6.07, 6.45) is 5.39. The summed E-state index contributed by atoms with van der Waals surface area (Å²) >= 11 is 1.58. The Morgan fingerprint density at radius 3 is 2.62 bits per heavy atom. The molecule has 6 heteroatoms. The Morgan fingerprint density at radius 2 is 1.93 bits per heavy atom. The topological polar surface area (TPSA) is 49.6 Å². The summed E-state index contributed by atoms with van der Waals surface area (Å²) in [7, 11) is 0. The molecular formula is C23H28N4OS. The van der Waals surface area contributed by atoms with Gasteiger partial charge in [-0.3, -0.25) is 9.20 Å². The van der Waals surface area contributed by atoms with Crippen LogP contribution in [0.15, 0.2) is 41.9 Å². The molecule has 1 N–H and O–H groups in total. The van der Waals surface area contributed by atoms with Crippen LogP contribution in [0.4, 0.5) is 0 Å². The highest BCUT2D eigenvalue weighted by Gasteiger charge is 2.61. The number of aromatic nitrogens is 2. The zero-order chi connectivity index (χ0) is 20.1. The summed E-state index contributed by atoms with van der Waals surface area (Å²) < 4.78 is 2.08. The second-order valence-electron chi connectivity index (χ2n) is 9.07. The SMILES string of the molecule is CC1(C)C[C@@]1(CNCc1c(C(=O)N2CCCC2)nc2sccn12)c1ccccc1. The second kappa shape index (κ2) is 6.96. The summed E-state index contributed by atoms with van der Waals surface area (Å²) in [5.74, 6) is 0.0831. The number of carbonyl (C=O) groups excluding carboxylic acids is 1. The van der Waals surface area contributed by atoms with E-state index in [1.165, 1.54) is 12.0 Å². The van der Waals surface area contributed by atoms with Gasteiger partial charge in [-0.1, -0.05) is 44.2 Å². The Kier molecular flexibility index (Phi) is 4.51. The summed E-state index contributed by atoms with van der Waals surface area (Å²) in [4.78, 5) is 20.6. The van der Waals surface area contributed by atoms with Crippen molar-refractivity contribution in [3.8, 4) is 0 Å². The zero-order valence-electron chi connectivity index (χ0n) is 17.1. The maximum atomic E-state index is 13.1. The Hall–Kier alpha value is -2.18. The van der Waals surface area contributed by atoms with Crippen molar-refractivity contribution < 1.29 is 4.79 Å². The maximum absolute atomic E-state index is 13.1. The van der Waals surface area contributed by atoms with Crippen molar-refractivity contribution in [2.75, 3.05) is 19.6 Å². The van der Waals surface area contributed by atoms with Crippen molar-refractivity contribution in [1.82, 2.24) is 19.6 Å². The molecule has 1 aliphatic carbocycles. The Morgan fingerprint density at radius 1 is 1.21 bits per heavy atom. The quantitative estimate of drug-likeness (QED) is 0.668. The molecule has 1 aliphatic heterocycles. The van der Waals surface area contributed by atoms with Gasteiger partial charge >= 0.3 is 0 Å². The lowest BCUT2D eigenvalue weighted by molar-refractivity contribution is 0.0786. The molecule has 1 saturated heterocycles. The standard InChI is InChI=1S/C23H28N4OS/c1-22(2)15-23(22,17-8-4-3-5-9-17)16-24-14-18-19(20(28)26-10-6-7-11-26)25-21-27(18)12-13-29-21/h3-5,8-9,12-13,24H,6-7,10-11,14-16H2,1-2H3/t23-/m1/s1. The first-order valence-electron chi connectivity index (χ1n) is 10.5. The van der Waals surface area contributed by atoms with E-state index in [1.54, 1.807) is 11.3 Å². The number of carbonyl (C=O) groups is 1. The second-order valence-corrected chi connectivity index (χ2v) is 9.95. The molecular weight excluding hydrogens is 380 g/mol. The molecule has 5 rings (SSSR count). The number of hydrogen-bond acceptors (Lipinski definition) is 4. The molecule has 1 atom stereocenters. The smallest absolute Gasteiger partial charge is 0.274 e. The average Bonchev–Trinajstić information content (AvgIpc) is 3.25. The van der Waals surface area contributed by atoms with Gasteiger partial charge in [0.25, 0.3) is 5.91 Å². The van der Waals surface area contributed by atoms with E-state index in [9.17, 15) is 4.79 Å². The molecule has 0 unspecified atom stereocenters. The van der Waals surface area contributed by atoms with E-state index in [-0.39, 0.29) is 16.7 Å². The zero-order valence-corrected chi connectivity index (χ0v) is 18.0. The Labute approximate surface area is 175 Å². The van der Waals surface area contributed by atoms with Crippen LogP contribution in [0.3, 0.4) is 0 Å². The Balaban J connectivity index is 1.37. The number of hydrogen-bond donors (Lipinski definition) is 1. The minimum absolute atomic E-state index is 0.0831. The van der Waals surface area contributed by atoms with Gasteiger partial charge in [0, 0.05) is 43.2 Å². The van der Waals surface area contributed by atoms with E-state index in [4.69, 9.17) is 0 Å². The van der Waals surface area contributed by atoms with Gasteiger partial charge in [0.2, 0.25) is 0 Å². The molecule has 3 heterocycles. The largest absolute Gasteiger partial charge is 0.337 e. The number of nitrogens with zero attached hydrogens (tertiary/aromatic N) is 3. The molecule has 1 saturated carbocycles. The van der Waals surface area contributed by atoms with E-state index in [0.29, 0.717) is 12.2 Å². The number of rotatable bonds is 6. The molecule has 3 aromatic rings. The van der Waals surface area contributed by atoms with E-state index in [2.05, 4.69) is 58.9 Å². The van der Waals surface area contributed by atoms with Gasteiger partial charge < -0.3 is 10.2 Å². The third-order valence-corrected chi connectivity index (χ3v) is 7.67. The lowest BCUT2D eigenvalue weighted by Gasteiger charge is -2.22. The van der Waals surface area contributed by atoms with E-state index in [0.717, 1.165) is 43.1 Å². The monoisotopic (exact) mass is 408 g/mol. The first kappa shape index (κ1) is 18.8. The first-order valence-corrected chi connectivity index (χ1v) is 11.4. The minimum atomic E-state index is 0.0831. The fourth-order valence-electron chi connectivity index (χ4n) is 5.00. The van der Waals surface area contributed by atoms with Gasteiger partial charge in [-0.25, -0.2) is 4.98 Å². The van der Waals surface area contributed by atoms with Gasteiger partial charge in [0.1, 0.15) is 0 Å². The van der Waals surface area contributed by atoms with Crippen LogP contribution in [0, 0.1) is 5.41 Å². The van der Waals surface area contributed by atoms with Gasteiger partial charge in [0.15, 0.2) is 10.7 Å². The number of benzene rings is 1. The number of nitrogens with one attached hydrogen (secondary N) is 1. The van der Waals surface area contributed by atoms with Gasteiger partial charge in [0.05, 0.1) is 5.69 Å². The van der Waals surface area contributed by atoms with Crippen LogP contribution in [0.5, 0.6) is 0 Å². The van der Waals surface area contributed by atoms with E-state index in [1.807, 2.05) is 16.5 Å². The number of imidazole rings is 1. The van der Waals surface area contributed by atoms with Crippen molar-refractivity contribution in [2.24, 2.45) is 5.41 Å². The van der Waals surface area contributed by atoms with Gasteiger partial charge in [-0.15, -0.1) is 11.3 Å². The molecule has 1 aromatic carbocycles. The van der Waals surface area contributed by atoms with Crippen LogP contribution in [0.25, 0.3) is 4.96 Å². The normalized spacial score (nSPS) is 23.0. The van der Waals surface area contributed by atoms with Crippen LogP contribution in [-0.2, 0) is 12.0 Å². The number of likely N-dealkylation sites (tertiary alicyclic amines) is 1. The number of amides is 1. The molecule has 2 fully saturated rings. The predicted molar refractivity (Wildman–Crippen MR) is 116 cm³/mol. The number of fused-ring (bicyclic) bond motifs is 1. The van der Waals surface area contributed by atoms with Crippen LogP contribution < -0.4 is 5.32 Å². The van der Waals surface area contributed by atoms with Crippen molar-refractivity contribution in [1.29, 1.82) is 0 Å². The summed E-state index contributed by atoms with van der Waals surface area (Å²) in [6.45, 7) is 7.94. The minimum Gasteiger partial charge on any atom is -0.337 e. The molecule has 1 amide bonds. The fourth-order valence-corrected chi connectivity index (χ4v) is 5.73. The lowest BCUT2D eigenvalue weighted by Crippen LogP contribution is -2.32. The van der Waals surface area contributed by atoms with Crippen molar-refractivity contribution >= 4 is 22.2 Å². The van der Waals surface area contributed by atoms with Crippen molar-refractivity contribution in [3.63, 3.8) is 0 Å². The third-order valence-electron chi connectivity index (χ3n) is 6.92. The molecule has 2 aliphatic rings. The summed E-state index contributed by atoms with van der Waals surface area (Å²) in [6, 6.07) is 10.8. The molecule has 29 heavy (non-hydrogen) atoms. The molecule has 0 radical (unpaired) electrons. The van der Waals surface area contributed by atoms with Crippen LogP contribution in [0.2, 0.25) is 0 Å². The van der Waals surface area contributed by atoms with Crippen molar-refractivity contribution in [2.45, 2.75) is 45.1 Å². The highest BCUT2D eigenvalue weighted by Crippen LogP contribution is 2.63. The van der Waals surface area contributed by atoms with Crippen LogP contribution >= 0.6 is 11.3 Å². The van der Waals surface area contributed by atoms with E-state index >= 15 is 0 Å². The molecule has 0 spiro atoms. The predicted octanol–water partition coefficient (Wildman–Crippen LogP) is 4.09. The molecule has 2 aromatic heterocycles.